The van der Waals surface area contributed by atoms with Crippen molar-refractivity contribution in [3.05, 3.63) is 86.2 Å². The zero-order chi connectivity index (χ0) is 23.1. The highest BCUT2D eigenvalue weighted by atomic mass is 35.5. The molecule has 5 aromatic rings. The Bertz CT molecular complexity index is 1620. The summed E-state index contributed by atoms with van der Waals surface area (Å²) in [5, 5.41) is 3.56. The summed E-state index contributed by atoms with van der Waals surface area (Å²) in [6.07, 6.45) is 3.22. The van der Waals surface area contributed by atoms with Crippen LogP contribution in [0.2, 0.25) is 5.02 Å². The smallest absolute Gasteiger partial charge is 0.262 e. The Hall–Kier alpha value is -3.14. The molecule has 0 aliphatic carbocycles. The standard InChI is InChI=1S/C23H17ClN4O3S2/c1-3-8-28-22(30)14-7-6-13(24)10-16(14)25-23(28)33-12(2)19-26-20(29)18-15(11-32-21(18)27-19)17-5-4-9-31-17/h3-7,9-12H,1,8H2,2H3,(H,26,27,29). The number of aromatic amines is 1. The summed E-state index contributed by atoms with van der Waals surface area (Å²) in [6.45, 7) is 5.97. The second-order valence-electron chi connectivity index (χ2n) is 7.28. The molecule has 0 amide bonds. The molecular weight excluding hydrogens is 480 g/mol. The third kappa shape index (κ3) is 3.92. The number of hydrogen-bond donors (Lipinski definition) is 1. The summed E-state index contributed by atoms with van der Waals surface area (Å²) in [5.41, 5.74) is 0.815. The Morgan fingerprint density at radius 1 is 1.33 bits per heavy atom. The normalized spacial score (nSPS) is 12.4. The summed E-state index contributed by atoms with van der Waals surface area (Å²) in [5.74, 6) is 1.12. The number of hydrogen-bond acceptors (Lipinski definition) is 7. The van der Waals surface area contributed by atoms with E-state index in [0.717, 1.165) is 0 Å². The fourth-order valence-electron chi connectivity index (χ4n) is 3.54. The van der Waals surface area contributed by atoms with E-state index in [9.17, 15) is 9.59 Å². The number of aromatic nitrogens is 4. The minimum absolute atomic E-state index is 0.176. The van der Waals surface area contributed by atoms with Crippen molar-refractivity contribution in [1.29, 1.82) is 0 Å². The number of furan rings is 1. The highest BCUT2D eigenvalue weighted by molar-refractivity contribution is 7.99. The molecule has 4 aromatic heterocycles. The summed E-state index contributed by atoms with van der Waals surface area (Å²) in [7, 11) is 0. The zero-order valence-electron chi connectivity index (χ0n) is 17.4. The van der Waals surface area contributed by atoms with Gasteiger partial charge in [0.25, 0.3) is 11.1 Å². The quantitative estimate of drug-likeness (QED) is 0.185. The Kier molecular flexibility index (Phi) is 5.69. The van der Waals surface area contributed by atoms with Gasteiger partial charge in [-0.15, -0.1) is 17.9 Å². The lowest BCUT2D eigenvalue weighted by molar-refractivity contribution is 0.583. The lowest BCUT2D eigenvalue weighted by Gasteiger charge is -2.15. The van der Waals surface area contributed by atoms with Crippen LogP contribution in [0.4, 0.5) is 0 Å². The van der Waals surface area contributed by atoms with Crippen molar-refractivity contribution >= 4 is 55.8 Å². The van der Waals surface area contributed by atoms with Crippen LogP contribution in [0, 0.1) is 0 Å². The predicted octanol–water partition coefficient (Wildman–Crippen LogP) is 5.65. The Morgan fingerprint density at radius 2 is 2.18 bits per heavy atom. The number of benzene rings is 1. The molecular formula is C23H17ClN4O3S2. The molecule has 33 heavy (non-hydrogen) atoms. The second kappa shape index (κ2) is 8.66. The predicted molar refractivity (Wildman–Crippen MR) is 133 cm³/mol. The van der Waals surface area contributed by atoms with Gasteiger partial charge in [-0.1, -0.05) is 29.4 Å². The highest BCUT2D eigenvalue weighted by Gasteiger charge is 2.20. The number of fused-ring (bicyclic) bond motifs is 2. The molecule has 4 heterocycles. The molecule has 10 heteroatoms. The minimum Gasteiger partial charge on any atom is -0.464 e. The van der Waals surface area contributed by atoms with E-state index in [1.807, 2.05) is 18.4 Å². The van der Waals surface area contributed by atoms with Crippen molar-refractivity contribution in [3.63, 3.8) is 0 Å². The van der Waals surface area contributed by atoms with E-state index < -0.39 is 0 Å². The van der Waals surface area contributed by atoms with Gasteiger partial charge < -0.3 is 9.40 Å². The van der Waals surface area contributed by atoms with Gasteiger partial charge in [0, 0.05) is 22.5 Å². The van der Waals surface area contributed by atoms with Gasteiger partial charge in [-0.3, -0.25) is 14.2 Å². The Morgan fingerprint density at radius 3 is 2.94 bits per heavy atom. The van der Waals surface area contributed by atoms with Gasteiger partial charge in [0.05, 0.1) is 27.8 Å². The molecule has 1 unspecified atom stereocenters. The first-order chi connectivity index (χ1) is 16.0. The lowest BCUT2D eigenvalue weighted by Crippen LogP contribution is -2.23. The number of halogens is 1. The Balaban J connectivity index is 1.56. The van der Waals surface area contributed by atoms with Crippen molar-refractivity contribution < 1.29 is 4.42 Å². The number of H-pyrrole nitrogens is 1. The van der Waals surface area contributed by atoms with Crippen LogP contribution in [0.15, 0.2) is 73.8 Å². The average Bonchev–Trinajstić information content (AvgIpc) is 3.46. The van der Waals surface area contributed by atoms with Gasteiger partial charge in [0.2, 0.25) is 0 Å². The number of thioether (sulfide) groups is 1. The highest BCUT2D eigenvalue weighted by Crippen LogP contribution is 2.35. The first-order valence-electron chi connectivity index (χ1n) is 9.99. The van der Waals surface area contributed by atoms with Crippen LogP contribution in [-0.2, 0) is 6.54 Å². The number of nitrogens with one attached hydrogen (secondary N) is 1. The summed E-state index contributed by atoms with van der Waals surface area (Å²) in [4.78, 5) is 38.8. The van der Waals surface area contributed by atoms with Crippen LogP contribution in [0.3, 0.4) is 0 Å². The van der Waals surface area contributed by atoms with E-state index >= 15 is 0 Å². The lowest BCUT2D eigenvalue weighted by atomic mass is 10.2. The fraction of sp³-hybridized carbons (Fsp3) is 0.130. The number of nitrogens with zero attached hydrogens (tertiary/aromatic N) is 3. The van der Waals surface area contributed by atoms with E-state index in [1.165, 1.54) is 23.1 Å². The van der Waals surface area contributed by atoms with Gasteiger partial charge in [0.15, 0.2) is 5.16 Å². The molecule has 0 saturated carbocycles. The molecule has 0 aliphatic rings. The summed E-state index contributed by atoms with van der Waals surface area (Å²) < 4.78 is 7.01. The minimum atomic E-state index is -0.282. The second-order valence-corrected chi connectivity index (χ2v) is 9.88. The SMILES string of the molecule is C=CCn1c(SC(C)c2nc3scc(-c4ccco4)c3c(=O)[nH]2)nc2cc(Cl)ccc2c1=O. The summed E-state index contributed by atoms with van der Waals surface area (Å²) >= 11 is 8.83. The van der Waals surface area contributed by atoms with E-state index in [1.54, 1.807) is 41.2 Å². The molecule has 0 bridgehead atoms. The molecule has 1 aromatic carbocycles. The molecule has 0 saturated heterocycles. The molecule has 5 rings (SSSR count). The first kappa shape index (κ1) is 21.7. The number of thiophene rings is 1. The van der Waals surface area contributed by atoms with Crippen LogP contribution in [0.5, 0.6) is 0 Å². The molecule has 0 aliphatic heterocycles. The maximum atomic E-state index is 13.1. The van der Waals surface area contributed by atoms with Crippen molar-refractivity contribution in [2.45, 2.75) is 23.9 Å². The molecule has 1 atom stereocenters. The summed E-state index contributed by atoms with van der Waals surface area (Å²) in [6, 6.07) is 8.59. The van der Waals surface area contributed by atoms with Crippen LogP contribution in [-0.4, -0.2) is 19.5 Å². The van der Waals surface area contributed by atoms with E-state index in [0.29, 0.717) is 55.0 Å². The van der Waals surface area contributed by atoms with Crippen molar-refractivity contribution in [2.75, 3.05) is 0 Å². The molecule has 0 spiro atoms. The largest absolute Gasteiger partial charge is 0.464 e. The Labute approximate surface area is 200 Å². The van der Waals surface area contributed by atoms with Crippen LogP contribution in [0.25, 0.3) is 32.4 Å². The molecule has 1 N–H and O–H groups in total. The maximum Gasteiger partial charge on any atom is 0.262 e. The zero-order valence-corrected chi connectivity index (χ0v) is 19.8. The van der Waals surface area contributed by atoms with Crippen LogP contribution >= 0.6 is 34.7 Å². The van der Waals surface area contributed by atoms with Gasteiger partial charge in [-0.05, 0) is 37.3 Å². The maximum absolute atomic E-state index is 13.1. The third-order valence-electron chi connectivity index (χ3n) is 5.11. The van der Waals surface area contributed by atoms with E-state index in [-0.39, 0.29) is 16.4 Å². The number of allylic oxidation sites excluding steroid dienone is 1. The van der Waals surface area contributed by atoms with Gasteiger partial charge in [-0.2, -0.15) is 0 Å². The number of rotatable bonds is 6. The van der Waals surface area contributed by atoms with Gasteiger partial charge >= 0.3 is 0 Å². The molecule has 0 radical (unpaired) electrons. The van der Waals surface area contributed by atoms with E-state index in [4.69, 9.17) is 16.0 Å². The van der Waals surface area contributed by atoms with Crippen LogP contribution in [0.1, 0.15) is 18.0 Å². The molecule has 7 nitrogen and oxygen atoms in total. The first-order valence-corrected chi connectivity index (χ1v) is 12.1. The topological polar surface area (TPSA) is 93.8 Å². The van der Waals surface area contributed by atoms with E-state index in [2.05, 4.69) is 21.5 Å². The molecule has 166 valence electrons. The monoisotopic (exact) mass is 496 g/mol. The van der Waals surface area contributed by atoms with Crippen molar-refractivity contribution in [2.24, 2.45) is 0 Å². The van der Waals surface area contributed by atoms with Gasteiger partial charge in [-0.25, -0.2) is 9.97 Å². The average molecular weight is 497 g/mol. The van der Waals surface area contributed by atoms with Crippen molar-refractivity contribution in [3.8, 4) is 11.3 Å². The van der Waals surface area contributed by atoms with Crippen LogP contribution < -0.4 is 11.1 Å². The fourth-order valence-corrected chi connectivity index (χ4v) is 5.62. The van der Waals surface area contributed by atoms with Crippen molar-refractivity contribution in [1.82, 2.24) is 19.5 Å². The van der Waals surface area contributed by atoms with Gasteiger partial charge in [0.1, 0.15) is 16.4 Å². The third-order valence-corrected chi connectivity index (χ3v) is 7.32. The molecule has 0 fully saturated rings.